The molecule has 0 unspecified atom stereocenters. The van der Waals surface area contributed by atoms with Crippen molar-refractivity contribution >= 4 is 44.7 Å². The van der Waals surface area contributed by atoms with Gasteiger partial charge in [-0.2, -0.15) is 0 Å². The number of carbonyl (C=O) groups is 1. The van der Waals surface area contributed by atoms with Crippen molar-refractivity contribution < 1.29 is 22.9 Å². The van der Waals surface area contributed by atoms with E-state index in [1.165, 1.54) is 0 Å². The van der Waals surface area contributed by atoms with E-state index >= 15 is 0 Å². The number of halogens is 2. The largest absolute Gasteiger partial charge is 0.462 e. The topological polar surface area (TPSA) is 104 Å². The fourth-order valence-corrected chi connectivity index (χ4v) is 3.14. The molecular weight excluding hydrogens is 357 g/mol. The minimum Gasteiger partial charge on any atom is -0.462 e. The van der Waals surface area contributed by atoms with Crippen LogP contribution < -0.4 is 0 Å². The molecule has 120 valence electrons. The van der Waals surface area contributed by atoms with Crippen LogP contribution in [0.15, 0.2) is 23.1 Å². The van der Waals surface area contributed by atoms with Gasteiger partial charge in [0.1, 0.15) is 9.23 Å². The Kier molecular flexibility index (Phi) is 4.38. The van der Waals surface area contributed by atoms with Crippen LogP contribution in [0.25, 0.3) is 0 Å². The standard InChI is InChI=1S/C12H11Cl2NO6S/c1-22(19,20)10-3-2-7(4-9(10)15(17)18)11(16)21-6-8-5-12(8,13)14/h2-4,8H,5-6H2,1H3/t8-/m1/s1. The first-order valence-corrected chi connectivity index (χ1v) is 8.70. The van der Waals surface area contributed by atoms with Crippen molar-refractivity contribution in [3.05, 3.63) is 33.9 Å². The molecule has 0 aromatic heterocycles. The van der Waals surface area contributed by atoms with Gasteiger partial charge in [0.2, 0.25) is 0 Å². The van der Waals surface area contributed by atoms with E-state index in [1.54, 1.807) is 0 Å². The highest BCUT2D eigenvalue weighted by Crippen LogP contribution is 2.53. The summed E-state index contributed by atoms with van der Waals surface area (Å²) in [6.45, 7) is -0.00649. The van der Waals surface area contributed by atoms with Gasteiger partial charge in [-0.05, 0) is 18.6 Å². The Bertz CT molecular complexity index is 746. The number of benzene rings is 1. The Hall–Kier alpha value is -1.38. The van der Waals surface area contributed by atoms with E-state index < -0.39 is 35.6 Å². The van der Waals surface area contributed by atoms with Crippen LogP contribution in [0.5, 0.6) is 0 Å². The van der Waals surface area contributed by atoms with Crippen molar-refractivity contribution in [1.82, 2.24) is 0 Å². The van der Waals surface area contributed by atoms with E-state index in [-0.39, 0.29) is 18.1 Å². The highest BCUT2D eigenvalue weighted by atomic mass is 35.5. The zero-order valence-corrected chi connectivity index (χ0v) is 13.6. The monoisotopic (exact) mass is 367 g/mol. The maximum Gasteiger partial charge on any atom is 0.338 e. The van der Waals surface area contributed by atoms with Gasteiger partial charge in [-0.15, -0.1) is 23.2 Å². The van der Waals surface area contributed by atoms with Crippen LogP contribution in [0.3, 0.4) is 0 Å². The highest BCUT2D eigenvalue weighted by molar-refractivity contribution is 7.90. The van der Waals surface area contributed by atoms with Gasteiger partial charge in [0, 0.05) is 18.2 Å². The molecule has 0 radical (unpaired) electrons. The molecule has 7 nitrogen and oxygen atoms in total. The predicted molar refractivity (Wildman–Crippen MR) is 79.0 cm³/mol. The summed E-state index contributed by atoms with van der Waals surface area (Å²) in [6.07, 6.45) is 1.34. The van der Waals surface area contributed by atoms with Gasteiger partial charge in [0.05, 0.1) is 17.1 Å². The third-order valence-corrected chi connectivity index (χ3v) is 5.23. The van der Waals surface area contributed by atoms with Crippen molar-refractivity contribution in [2.75, 3.05) is 12.9 Å². The van der Waals surface area contributed by atoms with Crippen LogP contribution >= 0.6 is 23.2 Å². The molecule has 1 aliphatic rings. The number of carbonyl (C=O) groups excluding carboxylic acids is 1. The molecule has 10 heteroatoms. The van der Waals surface area contributed by atoms with E-state index in [1.807, 2.05) is 0 Å². The first-order chi connectivity index (χ1) is 10.0. The molecular formula is C12H11Cl2NO6S. The van der Waals surface area contributed by atoms with Gasteiger partial charge in [0.25, 0.3) is 5.69 Å². The quantitative estimate of drug-likeness (QED) is 0.342. The zero-order valence-electron chi connectivity index (χ0n) is 11.3. The normalized spacial score (nSPS) is 19.5. The Morgan fingerprint density at radius 3 is 2.55 bits per heavy atom. The van der Waals surface area contributed by atoms with E-state index in [0.717, 1.165) is 24.5 Å². The molecule has 0 N–H and O–H groups in total. The van der Waals surface area contributed by atoms with Crippen molar-refractivity contribution in [2.45, 2.75) is 15.6 Å². The molecule has 1 aromatic carbocycles. The summed E-state index contributed by atoms with van der Waals surface area (Å²) in [5, 5.41) is 11.0. The number of ether oxygens (including phenoxy) is 1. The smallest absolute Gasteiger partial charge is 0.338 e. The molecule has 0 saturated heterocycles. The average Bonchev–Trinajstić information content (AvgIpc) is 3.01. The highest BCUT2D eigenvalue weighted by Gasteiger charge is 2.52. The van der Waals surface area contributed by atoms with E-state index in [9.17, 15) is 23.3 Å². The van der Waals surface area contributed by atoms with Gasteiger partial charge >= 0.3 is 5.97 Å². The number of hydrogen-bond donors (Lipinski definition) is 0. The van der Waals surface area contributed by atoms with Crippen LogP contribution in [0.2, 0.25) is 0 Å². The number of nitro groups is 1. The molecule has 1 aliphatic carbocycles. The summed E-state index contributed by atoms with van der Waals surface area (Å²) in [5.41, 5.74) is -0.790. The number of hydrogen-bond acceptors (Lipinski definition) is 6. The van der Waals surface area contributed by atoms with Crippen LogP contribution in [-0.2, 0) is 14.6 Å². The minimum atomic E-state index is -3.78. The molecule has 0 aliphatic heterocycles. The lowest BCUT2D eigenvalue weighted by Gasteiger charge is -2.06. The fraction of sp³-hybridized carbons (Fsp3) is 0.417. The van der Waals surface area contributed by atoms with Crippen LogP contribution in [0, 0.1) is 16.0 Å². The average molecular weight is 368 g/mol. The van der Waals surface area contributed by atoms with Crippen molar-refractivity contribution in [2.24, 2.45) is 5.92 Å². The van der Waals surface area contributed by atoms with E-state index in [2.05, 4.69) is 0 Å². The molecule has 1 aromatic rings. The van der Waals surface area contributed by atoms with E-state index in [0.29, 0.717) is 6.42 Å². The zero-order chi connectivity index (χ0) is 16.7. The third-order valence-electron chi connectivity index (χ3n) is 3.16. The maximum absolute atomic E-state index is 11.8. The summed E-state index contributed by atoms with van der Waals surface area (Å²) < 4.78 is 27.0. The number of sulfone groups is 1. The minimum absolute atomic E-state index is 0.00649. The third kappa shape index (κ3) is 3.68. The second-order valence-corrected chi connectivity index (χ2v) is 8.50. The molecule has 2 rings (SSSR count). The Morgan fingerprint density at radius 2 is 2.09 bits per heavy atom. The SMILES string of the molecule is CS(=O)(=O)c1ccc(C(=O)OC[C@H]2CC2(Cl)Cl)cc1[N+](=O)[O-]. The Morgan fingerprint density at radius 1 is 1.50 bits per heavy atom. The van der Waals surface area contributed by atoms with Crippen molar-refractivity contribution in [1.29, 1.82) is 0 Å². The molecule has 1 atom stereocenters. The number of alkyl halides is 2. The van der Waals surface area contributed by atoms with Gasteiger partial charge < -0.3 is 4.74 Å². The first kappa shape index (κ1) is 17.0. The molecule has 0 spiro atoms. The molecule has 1 fully saturated rings. The lowest BCUT2D eigenvalue weighted by atomic mass is 10.2. The number of nitrogens with zero attached hydrogens (tertiary/aromatic N) is 1. The van der Waals surface area contributed by atoms with Crippen LogP contribution in [0.1, 0.15) is 16.8 Å². The summed E-state index contributed by atoms with van der Waals surface area (Å²) >= 11 is 11.6. The molecule has 1 saturated carbocycles. The van der Waals surface area contributed by atoms with Gasteiger partial charge in [-0.25, -0.2) is 13.2 Å². The van der Waals surface area contributed by atoms with Gasteiger partial charge in [-0.3, -0.25) is 10.1 Å². The summed E-state index contributed by atoms with van der Waals surface area (Å²) in [6, 6.07) is 3.04. The summed E-state index contributed by atoms with van der Waals surface area (Å²) in [5.74, 6) is -0.982. The second-order valence-electron chi connectivity index (χ2n) is 4.97. The molecule has 22 heavy (non-hydrogen) atoms. The molecule has 0 bridgehead atoms. The Balaban J connectivity index is 2.20. The maximum atomic E-state index is 11.8. The van der Waals surface area contributed by atoms with Crippen LogP contribution in [0.4, 0.5) is 5.69 Å². The number of esters is 1. The number of nitro benzene ring substituents is 1. The fourth-order valence-electron chi connectivity index (χ4n) is 1.81. The first-order valence-electron chi connectivity index (χ1n) is 6.06. The molecule has 0 amide bonds. The van der Waals surface area contributed by atoms with Crippen LogP contribution in [-0.4, -0.2) is 36.5 Å². The summed E-state index contributed by atoms with van der Waals surface area (Å²) in [4.78, 5) is 21.5. The lowest BCUT2D eigenvalue weighted by molar-refractivity contribution is -0.387. The van der Waals surface area contributed by atoms with Gasteiger partial charge in [0.15, 0.2) is 9.84 Å². The Labute approximate surface area is 136 Å². The van der Waals surface area contributed by atoms with Crippen molar-refractivity contribution in [3.63, 3.8) is 0 Å². The number of rotatable bonds is 5. The van der Waals surface area contributed by atoms with Crippen molar-refractivity contribution in [3.8, 4) is 0 Å². The summed E-state index contributed by atoms with van der Waals surface area (Å²) in [7, 11) is -3.78. The van der Waals surface area contributed by atoms with Gasteiger partial charge in [-0.1, -0.05) is 0 Å². The molecule has 0 heterocycles. The predicted octanol–water partition coefficient (Wildman–Crippen LogP) is 2.35. The lowest BCUT2D eigenvalue weighted by Crippen LogP contribution is -2.11. The second kappa shape index (κ2) is 5.68. The van der Waals surface area contributed by atoms with E-state index in [4.69, 9.17) is 27.9 Å².